The number of para-hydroxylation sites is 1. The largest absolute Gasteiger partial charge is 0.279 e. The van der Waals surface area contributed by atoms with E-state index in [1.807, 2.05) is 13.8 Å². The first-order valence-electron chi connectivity index (χ1n) is 7.69. The van der Waals surface area contributed by atoms with Crippen LogP contribution in [0, 0.1) is 10.1 Å². The molecule has 9 heteroatoms. The van der Waals surface area contributed by atoms with Crippen LogP contribution in [0.4, 0.5) is 11.4 Å². The highest BCUT2D eigenvalue weighted by molar-refractivity contribution is 7.92. The molecule has 0 saturated heterocycles. The van der Waals surface area contributed by atoms with Crippen molar-refractivity contribution in [1.29, 1.82) is 0 Å². The number of nitro groups is 1. The van der Waals surface area contributed by atoms with Crippen LogP contribution in [-0.4, -0.2) is 25.1 Å². The number of nitro benzene ring substituents is 1. The first kappa shape index (κ1) is 19.9. The molecular weight excluding hydrogens is 380 g/mol. The number of hydrogen-bond acceptors (Lipinski definition) is 5. The topological polar surface area (TPSA) is 97.6 Å². The number of anilines is 1. The average Bonchev–Trinajstić information content (AvgIpc) is 2.59. The molecule has 0 spiro atoms. The molecule has 2 aromatic rings. The quantitative estimate of drug-likeness (QED) is 0.404. The Morgan fingerprint density at radius 3 is 2.42 bits per heavy atom. The lowest BCUT2D eigenvalue weighted by atomic mass is 10.0. The standard InChI is InChI=1S/C17H17ClN2O5S/c1-12(2)15-8-3-4-9-16(15)19(11-17(18)21)26(24,25)14-7-5-6-13(10-14)20(22)23/h3-10,12H,11H2,1-2H3. The minimum atomic E-state index is -4.24. The van der Waals surface area contributed by atoms with Gasteiger partial charge < -0.3 is 0 Å². The monoisotopic (exact) mass is 396 g/mol. The molecule has 26 heavy (non-hydrogen) atoms. The number of benzene rings is 2. The summed E-state index contributed by atoms with van der Waals surface area (Å²) in [5.74, 6) is -0.0144. The van der Waals surface area contributed by atoms with Gasteiger partial charge in [0.05, 0.1) is 15.5 Å². The van der Waals surface area contributed by atoms with Crippen LogP contribution in [-0.2, 0) is 14.8 Å². The molecule has 0 amide bonds. The molecule has 7 nitrogen and oxygen atoms in total. The summed E-state index contributed by atoms with van der Waals surface area (Å²) in [4.78, 5) is 21.5. The van der Waals surface area contributed by atoms with Gasteiger partial charge in [-0.3, -0.25) is 19.2 Å². The van der Waals surface area contributed by atoms with Gasteiger partial charge in [0.2, 0.25) is 5.24 Å². The fourth-order valence-electron chi connectivity index (χ4n) is 2.50. The van der Waals surface area contributed by atoms with E-state index in [9.17, 15) is 23.3 Å². The Morgan fingerprint density at radius 1 is 1.19 bits per heavy atom. The number of carbonyl (C=O) groups is 1. The van der Waals surface area contributed by atoms with Crippen LogP contribution in [0.15, 0.2) is 53.4 Å². The van der Waals surface area contributed by atoms with Gasteiger partial charge in [0, 0.05) is 12.1 Å². The van der Waals surface area contributed by atoms with Crippen LogP contribution in [0.25, 0.3) is 0 Å². The van der Waals surface area contributed by atoms with E-state index in [-0.39, 0.29) is 16.5 Å². The zero-order valence-corrected chi connectivity index (χ0v) is 15.7. The Labute approximate surface area is 156 Å². The van der Waals surface area contributed by atoms with E-state index in [0.717, 1.165) is 10.4 Å². The van der Waals surface area contributed by atoms with E-state index in [1.165, 1.54) is 18.2 Å². The second kappa shape index (κ2) is 7.84. The lowest BCUT2D eigenvalue weighted by Gasteiger charge is -2.26. The summed E-state index contributed by atoms with van der Waals surface area (Å²) in [6.45, 7) is 3.19. The second-order valence-corrected chi connectivity index (χ2v) is 8.12. The minimum absolute atomic E-state index is 0.0144. The summed E-state index contributed by atoms with van der Waals surface area (Å²) in [6, 6.07) is 11.4. The smallest absolute Gasteiger partial charge is 0.270 e. The Morgan fingerprint density at radius 2 is 1.85 bits per heavy atom. The fraction of sp³-hybridized carbons (Fsp3) is 0.235. The molecule has 0 bridgehead atoms. The Kier molecular flexibility index (Phi) is 5.99. The molecule has 0 aliphatic rings. The van der Waals surface area contributed by atoms with Gasteiger partial charge >= 0.3 is 0 Å². The molecule has 0 aromatic heterocycles. The molecule has 0 atom stereocenters. The van der Waals surface area contributed by atoms with Crippen LogP contribution in [0.2, 0.25) is 0 Å². The average molecular weight is 397 g/mol. The number of non-ortho nitro benzene ring substituents is 1. The predicted octanol–water partition coefficient (Wildman–Crippen LogP) is 3.68. The Bertz CT molecular complexity index is 944. The van der Waals surface area contributed by atoms with Crippen molar-refractivity contribution in [2.45, 2.75) is 24.7 Å². The van der Waals surface area contributed by atoms with Crippen LogP contribution < -0.4 is 4.31 Å². The summed E-state index contributed by atoms with van der Waals surface area (Å²) in [7, 11) is -4.24. The highest BCUT2D eigenvalue weighted by Gasteiger charge is 2.29. The number of hydrogen-bond donors (Lipinski definition) is 0. The number of carbonyl (C=O) groups excluding carboxylic acids is 1. The zero-order chi connectivity index (χ0) is 19.5. The van der Waals surface area contributed by atoms with Gasteiger partial charge in [0.15, 0.2) is 0 Å². The van der Waals surface area contributed by atoms with Crippen molar-refractivity contribution >= 4 is 38.2 Å². The van der Waals surface area contributed by atoms with Crippen molar-refractivity contribution in [3.63, 3.8) is 0 Å². The number of sulfonamides is 1. The van der Waals surface area contributed by atoms with Gasteiger partial charge in [-0.25, -0.2) is 8.42 Å². The van der Waals surface area contributed by atoms with E-state index in [0.29, 0.717) is 11.3 Å². The van der Waals surface area contributed by atoms with Crippen molar-refractivity contribution in [3.8, 4) is 0 Å². The van der Waals surface area contributed by atoms with Crippen molar-refractivity contribution < 1.29 is 18.1 Å². The van der Waals surface area contributed by atoms with Crippen molar-refractivity contribution in [3.05, 3.63) is 64.2 Å². The number of halogens is 1. The molecule has 0 radical (unpaired) electrons. The first-order chi connectivity index (χ1) is 12.1. The highest BCUT2D eigenvalue weighted by atomic mass is 35.5. The minimum Gasteiger partial charge on any atom is -0.279 e. The molecule has 0 fully saturated rings. The summed E-state index contributed by atoms with van der Waals surface area (Å²) >= 11 is 5.48. The van der Waals surface area contributed by atoms with E-state index >= 15 is 0 Å². The Balaban J connectivity index is 2.65. The van der Waals surface area contributed by atoms with Gasteiger partial charge in [-0.15, -0.1) is 0 Å². The van der Waals surface area contributed by atoms with Crippen LogP contribution in [0.3, 0.4) is 0 Å². The lowest BCUT2D eigenvalue weighted by molar-refractivity contribution is -0.385. The van der Waals surface area contributed by atoms with Gasteiger partial charge in [-0.05, 0) is 35.2 Å². The second-order valence-electron chi connectivity index (χ2n) is 5.83. The van der Waals surface area contributed by atoms with Gasteiger partial charge in [0.25, 0.3) is 15.7 Å². The summed E-state index contributed by atoms with van der Waals surface area (Å²) < 4.78 is 27.1. The van der Waals surface area contributed by atoms with E-state index in [2.05, 4.69) is 0 Å². The Hall–Kier alpha value is -2.45. The van der Waals surface area contributed by atoms with Crippen LogP contribution >= 0.6 is 11.6 Å². The normalized spacial score (nSPS) is 11.4. The van der Waals surface area contributed by atoms with E-state index in [1.54, 1.807) is 24.3 Å². The van der Waals surface area contributed by atoms with Gasteiger partial charge in [-0.2, -0.15) is 0 Å². The van der Waals surface area contributed by atoms with E-state index in [4.69, 9.17) is 11.6 Å². The number of rotatable bonds is 7. The summed E-state index contributed by atoms with van der Waals surface area (Å²) in [6.07, 6.45) is 0. The highest BCUT2D eigenvalue weighted by Crippen LogP contribution is 2.32. The van der Waals surface area contributed by atoms with Crippen molar-refractivity contribution in [1.82, 2.24) is 0 Å². The molecule has 0 N–H and O–H groups in total. The summed E-state index contributed by atoms with van der Waals surface area (Å²) in [5.41, 5.74) is 0.655. The molecule has 0 saturated carbocycles. The molecule has 0 aliphatic carbocycles. The van der Waals surface area contributed by atoms with Gasteiger partial charge in [-0.1, -0.05) is 38.1 Å². The van der Waals surface area contributed by atoms with E-state index < -0.39 is 26.7 Å². The van der Waals surface area contributed by atoms with Crippen molar-refractivity contribution in [2.75, 3.05) is 10.8 Å². The maximum Gasteiger partial charge on any atom is 0.270 e. The molecule has 0 heterocycles. The van der Waals surface area contributed by atoms with Gasteiger partial charge in [0.1, 0.15) is 6.54 Å². The maximum atomic E-state index is 13.1. The molecule has 2 rings (SSSR count). The SMILES string of the molecule is CC(C)c1ccccc1N(CC(=O)Cl)S(=O)(=O)c1cccc([N+](=O)[O-])c1. The van der Waals surface area contributed by atoms with Crippen LogP contribution in [0.5, 0.6) is 0 Å². The zero-order valence-electron chi connectivity index (χ0n) is 14.1. The maximum absolute atomic E-state index is 13.1. The summed E-state index contributed by atoms with van der Waals surface area (Å²) in [5, 5.41) is 10.1. The van der Waals surface area contributed by atoms with Crippen molar-refractivity contribution in [2.24, 2.45) is 0 Å². The molecule has 2 aromatic carbocycles. The molecule has 0 aliphatic heterocycles. The lowest BCUT2D eigenvalue weighted by Crippen LogP contribution is -2.35. The first-order valence-corrected chi connectivity index (χ1v) is 9.51. The molecule has 138 valence electrons. The third kappa shape index (κ3) is 4.20. The third-order valence-electron chi connectivity index (χ3n) is 3.71. The molecular formula is C17H17ClN2O5S. The third-order valence-corrected chi connectivity index (χ3v) is 5.59. The predicted molar refractivity (Wildman–Crippen MR) is 99.0 cm³/mol. The molecule has 0 unspecified atom stereocenters. The fourth-order valence-corrected chi connectivity index (χ4v) is 4.18. The van der Waals surface area contributed by atoms with Crippen LogP contribution in [0.1, 0.15) is 25.3 Å². The number of nitrogens with zero attached hydrogens (tertiary/aromatic N) is 2.